The third-order valence-electron chi connectivity index (χ3n) is 1.89. The van der Waals surface area contributed by atoms with E-state index in [1.54, 1.807) is 0 Å². The second-order valence-electron chi connectivity index (χ2n) is 3.15. The van der Waals surface area contributed by atoms with Crippen LogP contribution in [0.15, 0.2) is 23.1 Å². The fourth-order valence-electron chi connectivity index (χ4n) is 1.17. The number of aromatic carboxylic acids is 1. The number of benzene rings is 1. The smallest absolute Gasteiger partial charge is 0.337 e. The molecule has 0 atom stereocenters. The molecule has 0 radical (unpaired) electrons. The van der Waals surface area contributed by atoms with Gasteiger partial charge in [-0.05, 0) is 18.2 Å². The lowest BCUT2D eigenvalue weighted by Gasteiger charge is -2.05. The summed E-state index contributed by atoms with van der Waals surface area (Å²) in [6, 6.07) is 3.17. The fourth-order valence-corrected chi connectivity index (χ4v) is 2.03. The number of carbonyl (C=O) groups excluding carboxylic acids is 1. The second kappa shape index (κ2) is 3.93. The third kappa shape index (κ3) is 2.37. The van der Waals surface area contributed by atoms with E-state index >= 15 is 0 Å². The molecule has 86 valence electrons. The average molecular weight is 243 g/mol. The van der Waals surface area contributed by atoms with Crippen molar-refractivity contribution < 1.29 is 23.1 Å². The molecule has 0 aliphatic heterocycles. The maximum atomic E-state index is 11.3. The summed E-state index contributed by atoms with van der Waals surface area (Å²) in [5.41, 5.74) is 4.45. The first-order chi connectivity index (χ1) is 7.23. The highest BCUT2D eigenvalue weighted by atomic mass is 32.2. The van der Waals surface area contributed by atoms with Gasteiger partial charge in [0.2, 0.25) is 5.91 Å². The predicted molar refractivity (Wildman–Crippen MR) is 55.0 cm³/mol. The van der Waals surface area contributed by atoms with Crippen LogP contribution in [0.4, 0.5) is 0 Å². The number of sulfone groups is 1. The minimum Gasteiger partial charge on any atom is -0.478 e. The molecular weight excluding hydrogens is 234 g/mol. The average Bonchev–Trinajstić information content (AvgIpc) is 2.15. The standard InChI is InChI=1S/C9H9NO5S/c1-16(14,15)7-3-2-5(8(10)11)4-6(7)9(12)13/h2-4H,1H3,(H2,10,11)(H,12,13). The summed E-state index contributed by atoms with van der Waals surface area (Å²) >= 11 is 0. The van der Waals surface area contributed by atoms with Crippen LogP contribution in [-0.4, -0.2) is 31.7 Å². The molecule has 0 aromatic heterocycles. The van der Waals surface area contributed by atoms with Crippen molar-refractivity contribution >= 4 is 21.7 Å². The Bertz CT molecular complexity index is 561. The van der Waals surface area contributed by atoms with Gasteiger partial charge in [-0.3, -0.25) is 4.79 Å². The first-order valence-corrected chi connectivity index (χ1v) is 6.00. The number of rotatable bonds is 3. The summed E-state index contributed by atoms with van der Waals surface area (Å²) in [6.45, 7) is 0. The van der Waals surface area contributed by atoms with E-state index in [4.69, 9.17) is 10.8 Å². The van der Waals surface area contributed by atoms with Gasteiger partial charge in [0, 0.05) is 11.8 Å². The van der Waals surface area contributed by atoms with Gasteiger partial charge >= 0.3 is 5.97 Å². The van der Waals surface area contributed by atoms with Gasteiger partial charge in [-0.15, -0.1) is 0 Å². The fraction of sp³-hybridized carbons (Fsp3) is 0.111. The van der Waals surface area contributed by atoms with E-state index in [1.165, 1.54) is 6.07 Å². The van der Waals surface area contributed by atoms with E-state index in [0.29, 0.717) is 0 Å². The Hall–Kier alpha value is -1.89. The molecule has 0 spiro atoms. The second-order valence-corrected chi connectivity index (χ2v) is 5.14. The van der Waals surface area contributed by atoms with E-state index in [0.717, 1.165) is 18.4 Å². The zero-order valence-corrected chi connectivity index (χ0v) is 9.11. The van der Waals surface area contributed by atoms with Crippen LogP contribution < -0.4 is 5.73 Å². The monoisotopic (exact) mass is 243 g/mol. The summed E-state index contributed by atoms with van der Waals surface area (Å²) in [4.78, 5) is 21.3. The topological polar surface area (TPSA) is 115 Å². The van der Waals surface area contributed by atoms with Crippen LogP contribution in [0.1, 0.15) is 20.7 Å². The molecule has 0 aliphatic rings. The van der Waals surface area contributed by atoms with Gasteiger partial charge in [0.15, 0.2) is 9.84 Å². The van der Waals surface area contributed by atoms with Gasteiger partial charge in [-0.1, -0.05) is 0 Å². The maximum absolute atomic E-state index is 11.3. The number of hydrogen-bond acceptors (Lipinski definition) is 4. The highest BCUT2D eigenvalue weighted by Gasteiger charge is 2.19. The number of carbonyl (C=O) groups is 2. The molecule has 16 heavy (non-hydrogen) atoms. The Balaban J connectivity index is 3.55. The lowest BCUT2D eigenvalue weighted by Crippen LogP contribution is -2.14. The molecule has 3 N–H and O–H groups in total. The molecule has 0 saturated heterocycles. The molecule has 7 heteroatoms. The molecule has 0 saturated carbocycles. The highest BCUT2D eigenvalue weighted by Crippen LogP contribution is 2.17. The van der Waals surface area contributed by atoms with Crippen molar-refractivity contribution in [2.75, 3.05) is 6.26 Å². The molecule has 0 fully saturated rings. The molecule has 0 bridgehead atoms. The Kier molecular flexibility index (Phi) is 2.99. The quantitative estimate of drug-likeness (QED) is 0.768. The Labute approximate surface area is 91.6 Å². The molecule has 1 aromatic carbocycles. The van der Waals surface area contributed by atoms with Crippen LogP contribution >= 0.6 is 0 Å². The van der Waals surface area contributed by atoms with Gasteiger partial charge in [0.05, 0.1) is 10.5 Å². The van der Waals surface area contributed by atoms with Crippen molar-refractivity contribution in [1.29, 1.82) is 0 Å². The minimum atomic E-state index is -3.65. The summed E-state index contributed by atoms with van der Waals surface area (Å²) in [5, 5.41) is 8.82. The lowest BCUT2D eigenvalue weighted by molar-refractivity contribution is 0.0692. The largest absolute Gasteiger partial charge is 0.478 e. The number of amides is 1. The van der Waals surface area contributed by atoms with Crippen LogP contribution in [0.2, 0.25) is 0 Å². The molecule has 1 aromatic rings. The van der Waals surface area contributed by atoms with Gasteiger partial charge in [0.25, 0.3) is 0 Å². The Morgan fingerprint density at radius 2 is 1.88 bits per heavy atom. The van der Waals surface area contributed by atoms with Crippen molar-refractivity contribution in [2.45, 2.75) is 4.90 Å². The third-order valence-corrected chi connectivity index (χ3v) is 3.05. The van der Waals surface area contributed by atoms with Crippen molar-refractivity contribution in [2.24, 2.45) is 5.73 Å². The van der Waals surface area contributed by atoms with Crippen LogP contribution in [-0.2, 0) is 9.84 Å². The molecule has 1 rings (SSSR count). The first kappa shape index (κ1) is 12.2. The number of carboxylic acids is 1. The number of primary amides is 1. The van der Waals surface area contributed by atoms with Crippen LogP contribution in [0.5, 0.6) is 0 Å². The molecule has 0 unspecified atom stereocenters. The van der Waals surface area contributed by atoms with Gasteiger partial charge in [0.1, 0.15) is 0 Å². The summed E-state index contributed by atoms with van der Waals surface area (Å²) in [7, 11) is -3.65. The first-order valence-electron chi connectivity index (χ1n) is 4.10. The number of nitrogens with two attached hydrogens (primary N) is 1. The van der Waals surface area contributed by atoms with E-state index in [-0.39, 0.29) is 10.5 Å². The minimum absolute atomic E-state index is 0.0511. The molecule has 6 nitrogen and oxygen atoms in total. The zero-order chi connectivity index (χ0) is 12.5. The van der Waals surface area contributed by atoms with Crippen molar-refractivity contribution in [3.63, 3.8) is 0 Å². The van der Waals surface area contributed by atoms with Gasteiger partial charge < -0.3 is 10.8 Å². The summed E-state index contributed by atoms with van der Waals surface area (Å²) < 4.78 is 22.5. The molecule has 1 amide bonds. The normalized spacial score (nSPS) is 11.1. The number of hydrogen-bond donors (Lipinski definition) is 2. The van der Waals surface area contributed by atoms with Crippen LogP contribution in [0.3, 0.4) is 0 Å². The molecule has 0 aliphatic carbocycles. The summed E-state index contributed by atoms with van der Waals surface area (Å²) in [6.07, 6.45) is 0.888. The molecular formula is C9H9NO5S. The predicted octanol–water partition coefficient (Wildman–Crippen LogP) is -0.113. The van der Waals surface area contributed by atoms with Crippen molar-refractivity contribution in [3.05, 3.63) is 29.3 Å². The lowest BCUT2D eigenvalue weighted by atomic mass is 10.1. The van der Waals surface area contributed by atoms with E-state index in [9.17, 15) is 18.0 Å². The summed E-state index contributed by atoms with van der Waals surface area (Å²) in [5.74, 6) is -2.24. The van der Waals surface area contributed by atoms with E-state index in [1.807, 2.05) is 0 Å². The van der Waals surface area contributed by atoms with Crippen molar-refractivity contribution in [3.8, 4) is 0 Å². The zero-order valence-electron chi connectivity index (χ0n) is 8.30. The maximum Gasteiger partial charge on any atom is 0.337 e. The van der Waals surface area contributed by atoms with E-state index < -0.39 is 27.3 Å². The molecule has 0 heterocycles. The van der Waals surface area contributed by atoms with Crippen LogP contribution in [0, 0.1) is 0 Å². The Morgan fingerprint density at radius 3 is 2.25 bits per heavy atom. The van der Waals surface area contributed by atoms with Gasteiger partial charge in [-0.25, -0.2) is 13.2 Å². The number of carboxylic acid groups (broad SMARTS) is 1. The van der Waals surface area contributed by atoms with Gasteiger partial charge in [-0.2, -0.15) is 0 Å². The van der Waals surface area contributed by atoms with E-state index in [2.05, 4.69) is 0 Å². The highest BCUT2D eigenvalue weighted by molar-refractivity contribution is 7.90. The van der Waals surface area contributed by atoms with Crippen LogP contribution in [0.25, 0.3) is 0 Å². The van der Waals surface area contributed by atoms with Crippen molar-refractivity contribution in [1.82, 2.24) is 0 Å². The SMILES string of the molecule is CS(=O)(=O)c1ccc(C(N)=O)cc1C(=O)O. The Morgan fingerprint density at radius 1 is 1.31 bits per heavy atom.